The molecule has 55 heavy (non-hydrogen) atoms. The van der Waals surface area contributed by atoms with Crippen LogP contribution in [0.25, 0.3) is 88.0 Å². The average molecular weight is 704 g/mol. The molecule has 3 heteroatoms. The van der Waals surface area contributed by atoms with Gasteiger partial charge in [-0.1, -0.05) is 146 Å². The molecule has 3 nitrogen and oxygen atoms in total. The van der Waals surface area contributed by atoms with Crippen molar-refractivity contribution in [3.8, 4) is 33.4 Å². The van der Waals surface area contributed by atoms with Crippen molar-refractivity contribution in [2.24, 2.45) is 0 Å². The molecule has 11 aromatic rings. The number of rotatable bonds is 6. The highest BCUT2D eigenvalue weighted by molar-refractivity contribution is 6.14. The molecule has 0 saturated heterocycles. The SMILES string of the molecule is c1cc(-c2ccccc2-c2cccc3ccccc23)cc(N(c2ccc3c(c2)oc2ccccc23)c2ccccc2-c2cccc3oc4ccccc4c23)c1. The Bertz CT molecular complexity index is 3230. The highest BCUT2D eigenvalue weighted by atomic mass is 16.3. The normalized spacial score (nSPS) is 11.6. The number of hydrogen-bond donors (Lipinski definition) is 0. The number of hydrogen-bond acceptors (Lipinski definition) is 3. The van der Waals surface area contributed by atoms with E-state index in [1.165, 1.54) is 27.5 Å². The number of anilines is 3. The van der Waals surface area contributed by atoms with Gasteiger partial charge in [-0.25, -0.2) is 0 Å². The van der Waals surface area contributed by atoms with Crippen LogP contribution < -0.4 is 4.90 Å². The van der Waals surface area contributed by atoms with Crippen molar-refractivity contribution in [3.63, 3.8) is 0 Å². The summed E-state index contributed by atoms with van der Waals surface area (Å²) in [6, 6.07) is 71.0. The Morgan fingerprint density at radius 3 is 1.76 bits per heavy atom. The third-order valence-electron chi connectivity index (χ3n) is 10.9. The minimum atomic E-state index is 0.849. The average Bonchev–Trinajstić information content (AvgIpc) is 3.82. The Balaban J connectivity index is 1.14. The van der Waals surface area contributed by atoms with Gasteiger partial charge in [-0.3, -0.25) is 0 Å². The summed E-state index contributed by atoms with van der Waals surface area (Å²) in [7, 11) is 0. The molecule has 0 spiro atoms. The third-order valence-corrected chi connectivity index (χ3v) is 10.9. The molecule has 0 unspecified atom stereocenters. The van der Waals surface area contributed by atoms with Crippen molar-refractivity contribution in [2.75, 3.05) is 4.90 Å². The largest absolute Gasteiger partial charge is 0.456 e. The molecule has 11 rings (SSSR count). The quantitative estimate of drug-likeness (QED) is 0.173. The molecule has 0 N–H and O–H groups in total. The summed E-state index contributed by atoms with van der Waals surface area (Å²) in [4.78, 5) is 2.37. The fourth-order valence-corrected chi connectivity index (χ4v) is 8.42. The van der Waals surface area contributed by atoms with E-state index in [-0.39, 0.29) is 0 Å². The predicted molar refractivity (Wildman–Crippen MR) is 229 cm³/mol. The maximum atomic E-state index is 6.48. The summed E-state index contributed by atoms with van der Waals surface area (Å²) in [6.45, 7) is 0. The van der Waals surface area contributed by atoms with Gasteiger partial charge in [-0.2, -0.15) is 0 Å². The van der Waals surface area contributed by atoms with Crippen LogP contribution in [0.3, 0.4) is 0 Å². The van der Waals surface area contributed by atoms with Gasteiger partial charge >= 0.3 is 0 Å². The molecule has 0 fully saturated rings. The van der Waals surface area contributed by atoms with Crippen molar-refractivity contribution in [2.45, 2.75) is 0 Å². The van der Waals surface area contributed by atoms with Gasteiger partial charge in [-0.15, -0.1) is 0 Å². The molecule has 0 aliphatic rings. The van der Waals surface area contributed by atoms with Crippen molar-refractivity contribution in [1.82, 2.24) is 0 Å². The number of para-hydroxylation sites is 3. The maximum Gasteiger partial charge on any atom is 0.137 e. The predicted octanol–water partition coefficient (Wildman–Crippen LogP) is 15.1. The Kier molecular flexibility index (Phi) is 7.17. The smallest absolute Gasteiger partial charge is 0.137 e. The van der Waals surface area contributed by atoms with Crippen LogP contribution >= 0.6 is 0 Å². The van der Waals surface area contributed by atoms with Crippen LogP contribution in [0, 0.1) is 0 Å². The van der Waals surface area contributed by atoms with E-state index in [2.05, 4.69) is 181 Å². The fourth-order valence-electron chi connectivity index (χ4n) is 8.42. The summed E-state index contributed by atoms with van der Waals surface area (Å²) in [5, 5.41) is 6.89. The lowest BCUT2D eigenvalue weighted by atomic mass is 9.91. The molecule has 2 aromatic heterocycles. The molecular weight excluding hydrogens is 671 g/mol. The first-order chi connectivity index (χ1) is 27.3. The molecule has 0 aliphatic carbocycles. The van der Waals surface area contributed by atoms with Crippen LogP contribution in [0.15, 0.2) is 209 Å². The van der Waals surface area contributed by atoms with E-state index in [0.29, 0.717) is 0 Å². The molecule has 0 radical (unpaired) electrons. The highest BCUT2D eigenvalue weighted by Gasteiger charge is 2.22. The number of nitrogens with zero attached hydrogens (tertiary/aromatic N) is 1. The fraction of sp³-hybridized carbons (Fsp3) is 0. The van der Waals surface area contributed by atoms with Gasteiger partial charge in [0.2, 0.25) is 0 Å². The van der Waals surface area contributed by atoms with Crippen LogP contribution in [0.5, 0.6) is 0 Å². The lowest BCUT2D eigenvalue weighted by Crippen LogP contribution is -2.11. The summed E-state index contributed by atoms with van der Waals surface area (Å²) >= 11 is 0. The van der Waals surface area contributed by atoms with Crippen LogP contribution in [0.2, 0.25) is 0 Å². The summed E-state index contributed by atoms with van der Waals surface area (Å²) in [6.07, 6.45) is 0. The Morgan fingerprint density at radius 1 is 0.309 bits per heavy atom. The van der Waals surface area contributed by atoms with Crippen molar-refractivity contribution < 1.29 is 8.83 Å². The van der Waals surface area contributed by atoms with E-state index in [1.54, 1.807) is 0 Å². The highest BCUT2D eigenvalue weighted by Crippen LogP contribution is 2.47. The number of fused-ring (bicyclic) bond motifs is 7. The zero-order valence-corrected chi connectivity index (χ0v) is 29.8. The van der Waals surface area contributed by atoms with Gasteiger partial charge in [-0.05, 0) is 87.1 Å². The van der Waals surface area contributed by atoms with Gasteiger partial charge in [0.15, 0.2) is 0 Å². The maximum absolute atomic E-state index is 6.48. The lowest BCUT2D eigenvalue weighted by Gasteiger charge is -2.28. The van der Waals surface area contributed by atoms with Gasteiger partial charge in [0.25, 0.3) is 0 Å². The second kappa shape index (κ2) is 12.6. The molecule has 0 bridgehead atoms. The van der Waals surface area contributed by atoms with Gasteiger partial charge in [0.1, 0.15) is 22.3 Å². The van der Waals surface area contributed by atoms with E-state index >= 15 is 0 Å². The Labute approximate surface area is 317 Å². The first-order valence-electron chi connectivity index (χ1n) is 18.7. The molecule has 0 aliphatic heterocycles. The van der Waals surface area contributed by atoms with Crippen molar-refractivity contribution in [3.05, 3.63) is 200 Å². The van der Waals surface area contributed by atoms with Crippen LogP contribution in [0.1, 0.15) is 0 Å². The van der Waals surface area contributed by atoms with Crippen LogP contribution in [0.4, 0.5) is 17.1 Å². The van der Waals surface area contributed by atoms with Crippen LogP contribution in [-0.4, -0.2) is 0 Å². The monoisotopic (exact) mass is 703 g/mol. The second-order valence-electron chi connectivity index (χ2n) is 14.0. The molecule has 0 amide bonds. The molecule has 0 saturated carbocycles. The molecule has 258 valence electrons. The van der Waals surface area contributed by atoms with Crippen LogP contribution in [-0.2, 0) is 0 Å². The summed E-state index contributed by atoms with van der Waals surface area (Å²) < 4.78 is 12.9. The Hall–Kier alpha value is -7.36. The minimum absolute atomic E-state index is 0.849. The van der Waals surface area contributed by atoms with Gasteiger partial charge < -0.3 is 13.7 Å². The van der Waals surface area contributed by atoms with E-state index in [0.717, 1.165) is 77.6 Å². The van der Waals surface area contributed by atoms with E-state index in [9.17, 15) is 0 Å². The second-order valence-corrected chi connectivity index (χ2v) is 14.0. The molecule has 2 heterocycles. The Morgan fingerprint density at radius 2 is 0.873 bits per heavy atom. The molecular formula is C52H33NO2. The molecule has 0 atom stereocenters. The van der Waals surface area contributed by atoms with Gasteiger partial charge in [0, 0.05) is 44.5 Å². The zero-order valence-electron chi connectivity index (χ0n) is 29.8. The first-order valence-corrected chi connectivity index (χ1v) is 18.7. The van der Waals surface area contributed by atoms with E-state index < -0.39 is 0 Å². The zero-order chi connectivity index (χ0) is 36.3. The lowest BCUT2D eigenvalue weighted by molar-refractivity contribution is 0.668. The first kappa shape index (κ1) is 31.2. The topological polar surface area (TPSA) is 29.5 Å². The summed E-state index contributed by atoms with van der Waals surface area (Å²) in [5.74, 6) is 0. The number of furan rings is 2. The number of benzene rings is 9. The van der Waals surface area contributed by atoms with Gasteiger partial charge in [0.05, 0.1) is 5.69 Å². The van der Waals surface area contributed by atoms with E-state index in [4.69, 9.17) is 8.83 Å². The minimum Gasteiger partial charge on any atom is -0.456 e. The van der Waals surface area contributed by atoms with Crippen molar-refractivity contribution >= 4 is 71.7 Å². The van der Waals surface area contributed by atoms with Crippen molar-refractivity contribution in [1.29, 1.82) is 0 Å². The summed E-state index contributed by atoms with van der Waals surface area (Å²) in [5.41, 5.74) is 13.5. The molecule has 9 aromatic carbocycles. The van der Waals surface area contributed by atoms with E-state index in [1.807, 2.05) is 24.3 Å². The standard InChI is InChI=1S/C52H33NO2/c1-2-18-38-34(14-1)15-12-24-41(38)40-20-4-3-19-39(40)35-16-11-17-36(32-35)53(37-30-31-44-43-22-6-9-27-48(43)55-51(44)33-37)47-26-8-5-21-42(47)45-25-13-29-50-52(45)46-23-7-10-28-49(46)54-50/h1-33H. The third kappa shape index (κ3) is 5.13.